The first-order chi connectivity index (χ1) is 11.1. The SMILES string of the molecule is CCOc1cccc(C=NC[C@@H](c2ccccc2)N(C)C)c1O. The van der Waals surface area contributed by atoms with Crippen LogP contribution in [0.2, 0.25) is 0 Å². The van der Waals surface area contributed by atoms with Crippen LogP contribution in [0.5, 0.6) is 11.5 Å². The predicted molar refractivity (Wildman–Crippen MR) is 94.6 cm³/mol. The minimum atomic E-state index is 0.138. The van der Waals surface area contributed by atoms with Gasteiger partial charge in [0.25, 0.3) is 0 Å². The maximum Gasteiger partial charge on any atom is 0.166 e. The molecule has 1 N–H and O–H groups in total. The summed E-state index contributed by atoms with van der Waals surface area (Å²) in [6, 6.07) is 15.9. The van der Waals surface area contributed by atoms with E-state index in [0.717, 1.165) is 0 Å². The normalized spacial score (nSPS) is 12.7. The highest BCUT2D eigenvalue weighted by Crippen LogP contribution is 2.28. The number of rotatable bonds is 7. The van der Waals surface area contributed by atoms with E-state index in [-0.39, 0.29) is 11.8 Å². The van der Waals surface area contributed by atoms with Crippen LogP contribution in [0.1, 0.15) is 24.1 Å². The lowest BCUT2D eigenvalue weighted by Crippen LogP contribution is -2.22. The maximum atomic E-state index is 10.2. The highest BCUT2D eigenvalue weighted by Gasteiger charge is 2.12. The van der Waals surface area contributed by atoms with Crippen LogP contribution in [0, 0.1) is 0 Å². The van der Waals surface area contributed by atoms with Gasteiger partial charge in [0, 0.05) is 11.8 Å². The molecule has 0 aliphatic heterocycles. The van der Waals surface area contributed by atoms with Gasteiger partial charge in [-0.3, -0.25) is 4.99 Å². The Balaban J connectivity index is 2.12. The van der Waals surface area contributed by atoms with Crippen molar-refractivity contribution in [2.45, 2.75) is 13.0 Å². The van der Waals surface area contributed by atoms with Crippen LogP contribution < -0.4 is 4.74 Å². The van der Waals surface area contributed by atoms with Gasteiger partial charge in [0.2, 0.25) is 0 Å². The van der Waals surface area contributed by atoms with Gasteiger partial charge in [0.05, 0.1) is 19.2 Å². The lowest BCUT2D eigenvalue weighted by Gasteiger charge is -2.22. The second-order valence-corrected chi connectivity index (χ2v) is 5.51. The van der Waals surface area contributed by atoms with Crippen molar-refractivity contribution in [1.29, 1.82) is 0 Å². The summed E-state index contributed by atoms with van der Waals surface area (Å²) in [5, 5.41) is 10.2. The molecule has 4 nitrogen and oxygen atoms in total. The molecule has 0 saturated heterocycles. The van der Waals surface area contributed by atoms with Gasteiger partial charge in [0.15, 0.2) is 11.5 Å². The van der Waals surface area contributed by atoms with Crippen molar-refractivity contribution < 1.29 is 9.84 Å². The van der Waals surface area contributed by atoms with Crippen molar-refractivity contribution in [2.24, 2.45) is 4.99 Å². The lowest BCUT2D eigenvalue weighted by atomic mass is 10.1. The Bertz CT molecular complexity index is 639. The molecule has 0 aromatic heterocycles. The third-order valence-electron chi connectivity index (χ3n) is 3.65. The number of phenolic OH excluding ortho intramolecular Hbond substituents is 1. The predicted octanol–water partition coefficient (Wildman–Crippen LogP) is 3.51. The van der Waals surface area contributed by atoms with Gasteiger partial charge in [-0.2, -0.15) is 0 Å². The standard InChI is InChI=1S/C19H24N2O2/c1-4-23-18-12-8-11-16(19(18)22)13-20-14-17(21(2)3)15-9-6-5-7-10-15/h5-13,17,22H,4,14H2,1-3H3/t17-/m0/s1. The fourth-order valence-corrected chi connectivity index (χ4v) is 2.41. The smallest absolute Gasteiger partial charge is 0.166 e. The number of phenols is 1. The Kier molecular flexibility index (Phi) is 6.18. The van der Waals surface area contributed by atoms with Gasteiger partial charge in [-0.25, -0.2) is 0 Å². The molecule has 0 radical (unpaired) electrons. The summed E-state index contributed by atoms with van der Waals surface area (Å²) in [6.45, 7) is 3.03. The molecule has 2 aromatic rings. The Morgan fingerprint density at radius 1 is 1.13 bits per heavy atom. The average Bonchev–Trinajstić information content (AvgIpc) is 2.55. The number of aliphatic imine (C=N–C) groups is 1. The van der Waals surface area contributed by atoms with Gasteiger partial charge < -0.3 is 14.7 Å². The van der Waals surface area contributed by atoms with Crippen molar-refractivity contribution in [3.05, 3.63) is 59.7 Å². The van der Waals surface area contributed by atoms with Gasteiger partial charge in [-0.05, 0) is 38.7 Å². The molecule has 0 spiro atoms. The van der Waals surface area contributed by atoms with Crippen molar-refractivity contribution in [1.82, 2.24) is 4.90 Å². The minimum absolute atomic E-state index is 0.138. The number of para-hydroxylation sites is 1. The first kappa shape index (κ1) is 17.0. The first-order valence-corrected chi connectivity index (χ1v) is 7.79. The average molecular weight is 312 g/mol. The van der Waals surface area contributed by atoms with E-state index in [1.165, 1.54) is 5.56 Å². The summed E-state index contributed by atoms with van der Waals surface area (Å²) in [4.78, 5) is 6.66. The summed E-state index contributed by atoms with van der Waals surface area (Å²) < 4.78 is 5.39. The molecule has 0 saturated carbocycles. The van der Waals surface area contributed by atoms with E-state index in [1.54, 1.807) is 12.3 Å². The Labute approximate surface area is 138 Å². The van der Waals surface area contributed by atoms with Crippen LogP contribution in [0.25, 0.3) is 0 Å². The molecule has 2 aromatic carbocycles. The van der Waals surface area contributed by atoms with E-state index in [0.29, 0.717) is 24.5 Å². The summed E-state index contributed by atoms with van der Waals surface area (Å²) in [5.41, 5.74) is 1.89. The summed E-state index contributed by atoms with van der Waals surface area (Å²) in [5.74, 6) is 0.628. The van der Waals surface area contributed by atoms with Crippen molar-refractivity contribution in [3.8, 4) is 11.5 Å². The third kappa shape index (κ3) is 4.57. The van der Waals surface area contributed by atoms with Crippen molar-refractivity contribution in [2.75, 3.05) is 27.2 Å². The van der Waals surface area contributed by atoms with Gasteiger partial charge in [0.1, 0.15) is 0 Å². The molecule has 2 rings (SSSR count). The molecule has 4 heteroatoms. The zero-order valence-corrected chi connectivity index (χ0v) is 13.9. The van der Waals surface area contributed by atoms with Crippen LogP contribution in [-0.2, 0) is 0 Å². The van der Waals surface area contributed by atoms with Gasteiger partial charge >= 0.3 is 0 Å². The molecule has 0 unspecified atom stereocenters. The second-order valence-electron chi connectivity index (χ2n) is 5.51. The number of nitrogens with zero attached hydrogens (tertiary/aromatic N) is 2. The second kappa shape index (κ2) is 8.34. The number of hydrogen-bond acceptors (Lipinski definition) is 4. The number of hydrogen-bond donors (Lipinski definition) is 1. The quantitative estimate of drug-likeness (QED) is 0.796. The molecule has 0 bridgehead atoms. The zero-order valence-electron chi connectivity index (χ0n) is 13.9. The molecule has 1 atom stereocenters. The summed E-state index contributed by atoms with van der Waals surface area (Å²) in [6.07, 6.45) is 1.71. The van der Waals surface area contributed by atoms with E-state index in [1.807, 2.05) is 51.4 Å². The number of benzene rings is 2. The van der Waals surface area contributed by atoms with Crippen LogP contribution in [0.15, 0.2) is 53.5 Å². The van der Waals surface area contributed by atoms with E-state index in [2.05, 4.69) is 22.0 Å². The van der Waals surface area contributed by atoms with E-state index in [9.17, 15) is 5.11 Å². The number of aromatic hydroxyl groups is 1. The van der Waals surface area contributed by atoms with Gasteiger partial charge in [-0.15, -0.1) is 0 Å². The summed E-state index contributed by atoms with van der Waals surface area (Å²) in [7, 11) is 4.08. The molecule has 0 amide bonds. The molecular weight excluding hydrogens is 288 g/mol. The van der Waals surface area contributed by atoms with Crippen molar-refractivity contribution in [3.63, 3.8) is 0 Å². The Morgan fingerprint density at radius 2 is 1.87 bits per heavy atom. The molecule has 0 aliphatic rings. The first-order valence-electron chi connectivity index (χ1n) is 7.79. The minimum Gasteiger partial charge on any atom is -0.504 e. The largest absolute Gasteiger partial charge is 0.504 e. The van der Waals surface area contributed by atoms with Crippen LogP contribution in [-0.4, -0.2) is 43.5 Å². The molecule has 23 heavy (non-hydrogen) atoms. The maximum absolute atomic E-state index is 10.2. The monoisotopic (exact) mass is 312 g/mol. The Hall–Kier alpha value is -2.33. The molecule has 122 valence electrons. The highest BCUT2D eigenvalue weighted by molar-refractivity contribution is 5.84. The van der Waals surface area contributed by atoms with Crippen LogP contribution in [0.3, 0.4) is 0 Å². The number of ether oxygens (including phenoxy) is 1. The van der Waals surface area contributed by atoms with Crippen LogP contribution in [0.4, 0.5) is 0 Å². The molecule has 0 fully saturated rings. The highest BCUT2D eigenvalue weighted by atomic mass is 16.5. The molecule has 0 heterocycles. The molecule has 0 aliphatic carbocycles. The Morgan fingerprint density at radius 3 is 2.52 bits per heavy atom. The fraction of sp³-hybridized carbons (Fsp3) is 0.316. The molecular formula is C19H24N2O2. The lowest BCUT2D eigenvalue weighted by molar-refractivity contribution is 0.307. The number of likely N-dealkylation sites (N-methyl/N-ethyl adjacent to an activating group) is 1. The van der Waals surface area contributed by atoms with E-state index >= 15 is 0 Å². The topological polar surface area (TPSA) is 45.1 Å². The van der Waals surface area contributed by atoms with Crippen molar-refractivity contribution >= 4 is 6.21 Å². The van der Waals surface area contributed by atoms with E-state index < -0.39 is 0 Å². The van der Waals surface area contributed by atoms with Crippen LogP contribution >= 0.6 is 0 Å². The van der Waals surface area contributed by atoms with E-state index in [4.69, 9.17) is 4.74 Å². The fourth-order valence-electron chi connectivity index (χ4n) is 2.41. The summed E-state index contributed by atoms with van der Waals surface area (Å²) >= 11 is 0. The zero-order chi connectivity index (χ0) is 16.7. The van der Waals surface area contributed by atoms with Gasteiger partial charge in [-0.1, -0.05) is 36.4 Å². The third-order valence-corrected chi connectivity index (χ3v) is 3.65.